The molecule has 5 nitrogen and oxygen atoms in total. The van der Waals surface area contributed by atoms with Crippen LogP contribution in [0.25, 0.3) is 5.78 Å². The molecule has 0 radical (unpaired) electrons. The van der Waals surface area contributed by atoms with Crippen molar-refractivity contribution in [2.45, 2.75) is 6.92 Å². The van der Waals surface area contributed by atoms with E-state index in [1.54, 1.807) is 10.6 Å². The van der Waals surface area contributed by atoms with Gasteiger partial charge in [0.25, 0.3) is 5.78 Å². The van der Waals surface area contributed by atoms with Gasteiger partial charge in [-0.3, -0.25) is 0 Å². The van der Waals surface area contributed by atoms with Crippen LogP contribution in [0.1, 0.15) is 5.56 Å². The maximum absolute atomic E-state index is 6.19. The summed E-state index contributed by atoms with van der Waals surface area (Å²) in [5, 5.41) is 8.28. The summed E-state index contributed by atoms with van der Waals surface area (Å²) < 4.78 is 1.56. The predicted octanol–water partition coefficient (Wildman–Crippen LogP) is 3.48. The van der Waals surface area contributed by atoms with Gasteiger partial charge in [-0.2, -0.15) is 19.6 Å². The highest BCUT2D eigenvalue weighted by Gasteiger charge is 2.09. The van der Waals surface area contributed by atoms with Crippen LogP contribution in [0, 0.1) is 6.92 Å². The molecule has 3 aromatic rings. The van der Waals surface area contributed by atoms with Crippen LogP contribution in [0.4, 0.5) is 11.5 Å². The van der Waals surface area contributed by atoms with Gasteiger partial charge in [-0.25, -0.2) is 0 Å². The molecule has 0 amide bonds. The summed E-state index contributed by atoms with van der Waals surface area (Å²) in [5.41, 5.74) is 1.83. The summed E-state index contributed by atoms with van der Waals surface area (Å²) in [7, 11) is 0. The summed E-state index contributed by atoms with van der Waals surface area (Å²) in [5.74, 6) is 1.09. The number of fused-ring (bicyclic) bond motifs is 1. The zero-order chi connectivity index (χ0) is 13.4. The van der Waals surface area contributed by atoms with Gasteiger partial charge in [0, 0.05) is 6.07 Å². The third-order valence-corrected chi connectivity index (χ3v) is 3.20. The Kier molecular flexibility index (Phi) is 3.00. The van der Waals surface area contributed by atoms with Gasteiger partial charge in [0.15, 0.2) is 0 Å². The van der Waals surface area contributed by atoms with Gasteiger partial charge in [-0.1, -0.05) is 35.3 Å². The highest BCUT2D eigenvalue weighted by Crippen LogP contribution is 2.29. The van der Waals surface area contributed by atoms with Crippen molar-refractivity contribution in [3.05, 3.63) is 46.3 Å². The summed E-state index contributed by atoms with van der Waals surface area (Å²) in [6.45, 7) is 1.97. The van der Waals surface area contributed by atoms with Gasteiger partial charge in [0.1, 0.15) is 17.3 Å². The molecule has 0 aliphatic rings. The Balaban J connectivity index is 2.13. The van der Waals surface area contributed by atoms with E-state index in [9.17, 15) is 0 Å². The first-order valence-electron chi connectivity index (χ1n) is 5.53. The lowest BCUT2D eigenvalue weighted by Crippen LogP contribution is -2.03. The molecule has 96 valence electrons. The Hall–Kier alpha value is -1.85. The number of anilines is 2. The number of hydrogen-bond donors (Lipinski definition) is 1. The molecular weight excluding hydrogens is 285 g/mol. The van der Waals surface area contributed by atoms with Crippen molar-refractivity contribution in [1.82, 2.24) is 19.6 Å². The Morgan fingerprint density at radius 1 is 1.26 bits per heavy atom. The number of nitrogens with one attached hydrogen (secondary N) is 1. The number of rotatable bonds is 2. The van der Waals surface area contributed by atoms with E-state index in [1.165, 1.54) is 6.33 Å². The van der Waals surface area contributed by atoms with Gasteiger partial charge in [-0.05, 0) is 18.6 Å². The van der Waals surface area contributed by atoms with Gasteiger partial charge >= 0.3 is 0 Å². The molecule has 0 saturated heterocycles. The second-order valence-electron chi connectivity index (χ2n) is 3.99. The SMILES string of the molecule is Cc1cccc(Cl)c1Nc1cc(Cl)nc2ncnn12. The van der Waals surface area contributed by atoms with Crippen molar-refractivity contribution in [1.29, 1.82) is 0 Å². The van der Waals surface area contributed by atoms with Crippen molar-refractivity contribution in [2.75, 3.05) is 5.32 Å². The molecule has 0 saturated carbocycles. The summed E-state index contributed by atoms with van der Waals surface area (Å²) >= 11 is 12.1. The second kappa shape index (κ2) is 4.68. The Labute approximate surface area is 119 Å². The Bertz CT molecular complexity index is 733. The molecule has 2 aromatic heterocycles. The van der Waals surface area contributed by atoms with Gasteiger partial charge in [0.05, 0.1) is 10.7 Å². The molecule has 19 heavy (non-hydrogen) atoms. The van der Waals surface area contributed by atoms with E-state index in [1.807, 2.05) is 25.1 Å². The molecule has 7 heteroatoms. The van der Waals surface area contributed by atoms with Crippen LogP contribution in [-0.2, 0) is 0 Å². The first-order valence-corrected chi connectivity index (χ1v) is 6.29. The van der Waals surface area contributed by atoms with Crippen LogP contribution < -0.4 is 5.32 Å². The zero-order valence-corrected chi connectivity index (χ0v) is 11.4. The first-order chi connectivity index (χ1) is 9.15. The average Bonchev–Trinajstić information content (AvgIpc) is 2.81. The number of aromatic nitrogens is 4. The normalized spacial score (nSPS) is 10.9. The fraction of sp³-hybridized carbons (Fsp3) is 0.0833. The van der Waals surface area contributed by atoms with Crippen molar-refractivity contribution >= 4 is 40.5 Å². The van der Waals surface area contributed by atoms with E-state index in [-0.39, 0.29) is 0 Å². The molecule has 1 N–H and O–H groups in total. The maximum Gasteiger partial charge on any atom is 0.255 e. The highest BCUT2D eigenvalue weighted by molar-refractivity contribution is 6.33. The van der Waals surface area contributed by atoms with E-state index in [0.717, 1.165) is 11.3 Å². The molecular formula is C12H9Cl2N5. The predicted molar refractivity (Wildman–Crippen MR) is 75.3 cm³/mol. The molecule has 0 aliphatic heterocycles. The summed E-state index contributed by atoms with van der Waals surface area (Å²) in [6, 6.07) is 7.35. The summed E-state index contributed by atoms with van der Waals surface area (Å²) in [6.07, 6.45) is 1.42. The Morgan fingerprint density at radius 2 is 2.11 bits per heavy atom. The fourth-order valence-corrected chi connectivity index (χ4v) is 2.24. The van der Waals surface area contributed by atoms with Crippen LogP contribution in [0.5, 0.6) is 0 Å². The quantitative estimate of drug-likeness (QED) is 0.735. The minimum absolute atomic E-state index is 0.340. The number of benzene rings is 1. The number of para-hydroxylation sites is 1. The monoisotopic (exact) mass is 293 g/mol. The van der Waals surface area contributed by atoms with E-state index in [0.29, 0.717) is 21.8 Å². The molecule has 0 spiro atoms. The van der Waals surface area contributed by atoms with Crippen LogP contribution >= 0.6 is 23.2 Å². The molecule has 0 bridgehead atoms. The largest absolute Gasteiger partial charge is 0.339 e. The van der Waals surface area contributed by atoms with Crippen LogP contribution in [0.15, 0.2) is 30.6 Å². The number of halogens is 2. The van der Waals surface area contributed by atoms with E-state index in [2.05, 4.69) is 20.4 Å². The minimum Gasteiger partial charge on any atom is -0.339 e. The van der Waals surface area contributed by atoms with Crippen molar-refractivity contribution in [2.24, 2.45) is 0 Å². The molecule has 0 unspecified atom stereocenters. The van der Waals surface area contributed by atoms with Crippen LogP contribution in [0.3, 0.4) is 0 Å². The molecule has 0 fully saturated rings. The molecule has 3 rings (SSSR count). The lowest BCUT2D eigenvalue weighted by atomic mass is 10.2. The average molecular weight is 294 g/mol. The van der Waals surface area contributed by atoms with Gasteiger partial charge in [0.2, 0.25) is 0 Å². The topological polar surface area (TPSA) is 55.1 Å². The smallest absolute Gasteiger partial charge is 0.255 e. The number of aryl methyl sites for hydroxylation is 1. The van der Waals surface area contributed by atoms with E-state index in [4.69, 9.17) is 23.2 Å². The second-order valence-corrected chi connectivity index (χ2v) is 4.79. The molecule has 0 atom stereocenters. The van der Waals surface area contributed by atoms with Crippen molar-refractivity contribution < 1.29 is 0 Å². The zero-order valence-electron chi connectivity index (χ0n) is 9.93. The molecule has 0 aliphatic carbocycles. The first kappa shape index (κ1) is 12.2. The lowest BCUT2D eigenvalue weighted by molar-refractivity contribution is 0.947. The third-order valence-electron chi connectivity index (χ3n) is 2.70. The van der Waals surface area contributed by atoms with E-state index < -0.39 is 0 Å². The minimum atomic E-state index is 0.340. The maximum atomic E-state index is 6.19. The number of nitrogens with zero attached hydrogens (tertiary/aromatic N) is 4. The standard InChI is InChI=1S/C12H9Cl2N5/c1-7-3-2-4-8(13)11(7)18-10-5-9(14)17-12-15-6-16-19(10)12/h2-6,18H,1H3. The van der Waals surface area contributed by atoms with Crippen LogP contribution in [0.2, 0.25) is 10.2 Å². The third kappa shape index (κ3) is 2.22. The fourth-order valence-electron chi connectivity index (χ4n) is 1.79. The molecule has 1 aromatic carbocycles. The number of hydrogen-bond acceptors (Lipinski definition) is 4. The molecule has 2 heterocycles. The Morgan fingerprint density at radius 3 is 2.89 bits per heavy atom. The van der Waals surface area contributed by atoms with Gasteiger partial charge in [-0.15, -0.1) is 0 Å². The van der Waals surface area contributed by atoms with Gasteiger partial charge < -0.3 is 5.32 Å². The van der Waals surface area contributed by atoms with Crippen LogP contribution in [-0.4, -0.2) is 19.6 Å². The highest BCUT2D eigenvalue weighted by atomic mass is 35.5. The van der Waals surface area contributed by atoms with Crippen molar-refractivity contribution in [3.8, 4) is 0 Å². The lowest BCUT2D eigenvalue weighted by Gasteiger charge is -2.12. The van der Waals surface area contributed by atoms with E-state index >= 15 is 0 Å². The summed E-state index contributed by atoms with van der Waals surface area (Å²) in [4.78, 5) is 8.07. The van der Waals surface area contributed by atoms with Crippen molar-refractivity contribution in [3.63, 3.8) is 0 Å².